The van der Waals surface area contributed by atoms with E-state index in [1.165, 1.54) is 6.92 Å². The number of carbonyl (C=O) groups is 1. The van der Waals surface area contributed by atoms with Gasteiger partial charge in [-0.15, -0.1) is 0 Å². The fourth-order valence-electron chi connectivity index (χ4n) is 1.76. The number of aromatic nitrogens is 2. The van der Waals surface area contributed by atoms with Gasteiger partial charge in [-0.3, -0.25) is 4.79 Å². The fourth-order valence-corrected chi connectivity index (χ4v) is 1.76. The molecular weight excluding hydrogens is 282 g/mol. The minimum absolute atomic E-state index is 0.102. The van der Waals surface area contributed by atoms with Gasteiger partial charge in [-0.25, -0.2) is 9.97 Å². The molecule has 0 bridgehead atoms. The van der Waals surface area contributed by atoms with Crippen molar-refractivity contribution in [3.8, 4) is 23.4 Å². The highest BCUT2D eigenvalue weighted by atomic mass is 16.4. The van der Waals surface area contributed by atoms with Gasteiger partial charge in [-0.2, -0.15) is 10.5 Å². The van der Waals surface area contributed by atoms with Crippen LogP contribution in [0.4, 0.5) is 5.82 Å². The lowest BCUT2D eigenvalue weighted by Crippen LogP contribution is -2.26. The Kier molecular flexibility index (Phi) is 4.30. The van der Waals surface area contributed by atoms with Crippen molar-refractivity contribution in [2.45, 2.75) is 13.0 Å². The summed E-state index contributed by atoms with van der Waals surface area (Å²) in [6.07, 6.45) is 0. The molecule has 0 amide bonds. The molecule has 0 saturated heterocycles. The number of hydrogen-bond donors (Lipinski definition) is 2. The number of aliphatic carboxylic acids is 1. The van der Waals surface area contributed by atoms with E-state index in [4.69, 9.17) is 15.6 Å². The summed E-state index contributed by atoms with van der Waals surface area (Å²) in [7, 11) is 0. The maximum Gasteiger partial charge on any atom is 0.325 e. The molecule has 0 saturated carbocycles. The number of nitriles is 2. The molecular formula is C15H11N5O2. The quantitative estimate of drug-likeness (QED) is 0.880. The number of carboxylic acids is 1. The molecule has 0 radical (unpaired) electrons. The molecule has 1 atom stereocenters. The second kappa shape index (κ2) is 6.33. The molecule has 22 heavy (non-hydrogen) atoms. The number of rotatable bonds is 4. The van der Waals surface area contributed by atoms with E-state index in [2.05, 4.69) is 15.3 Å². The Morgan fingerprint density at radius 2 is 1.77 bits per heavy atom. The fraction of sp³-hybridized carbons (Fsp3) is 0.133. The SMILES string of the molecule is CC(Nc1nc(C#N)c(C#N)nc1-c1ccccc1)C(=O)O. The molecule has 7 heteroatoms. The van der Waals surface area contributed by atoms with Crippen LogP contribution in [-0.2, 0) is 4.79 Å². The molecule has 2 aromatic rings. The molecule has 0 aliphatic carbocycles. The minimum Gasteiger partial charge on any atom is -0.480 e. The largest absolute Gasteiger partial charge is 0.480 e. The molecule has 2 N–H and O–H groups in total. The van der Waals surface area contributed by atoms with Crippen LogP contribution in [0.15, 0.2) is 30.3 Å². The first kappa shape index (κ1) is 14.9. The second-order valence-electron chi connectivity index (χ2n) is 4.41. The third-order valence-electron chi connectivity index (χ3n) is 2.88. The van der Waals surface area contributed by atoms with E-state index in [-0.39, 0.29) is 17.2 Å². The number of anilines is 1. The van der Waals surface area contributed by atoms with Crippen molar-refractivity contribution in [1.82, 2.24) is 9.97 Å². The first-order valence-corrected chi connectivity index (χ1v) is 6.33. The Morgan fingerprint density at radius 3 is 2.32 bits per heavy atom. The summed E-state index contributed by atoms with van der Waals surface area (Å²) in [5.74, 6) is -0.916. The number of hydrogen-bond acceptors (Lipinski definition) is 6. The van der Waals surface area contributed by atoms with E-state index in [1.807, 2.05) is 12.1 Å². The van der Waals surface area contributed by atoms with E-state index in [1.54, 1.807) is 30.3 Å². The van der Waals surface area contributed by atoms with Crippen molar-refractivity contribution in [2.75, 3.05) is 5.32 Å². The maximum atomic E-state index is 11.0. The number of nitrogens with zero attached hydrogens (tertiary/aromatic N) is 4. The molecule has 108 valence electrons. The molecule has 0 spiro atoms. The second-order valence-corrected chi connectivity index (χ2v) is 4.41. The maximum absolute atomic E-state index is 11.0. The van der Waals surface area contributed by atoms with Gasteiger partial charge in [0.05, 0.1) is 0 Å². The van der Waals surface area contributed by atoms with E-state index >= 15 is 0 Å². The Labute approximate surface area is 126 Å². The van der Waals surface area contributed by atoms with Crippen molar-refractivity contribution >= 4 is 11.8 Å². The van der Waals surface area contributed by atoms with Crippen LogP contribution in [0.25, 0.3) is 11.3 Å². The van der Waals surface area contributed by atoms with Crippen molar-refractivity contribution in [3.63, 3.8) is 0 Å². The van der Waals surface area contributed by atoms with Crippen molar-refractivity contribution in [1.29, 1.82) is 10.5 Å². The Morgan fingerprint density at radius 1 is 1.18 bits per heavy atom. The van der Waals surface area contributed by atoms with Crippen LogP contribution in [0.3, 0.4) is 0 Å². The molecule has 7 nitrogen and oxygen atoms in total. The highest BCUT2D eigenvalue weighted by Gasteiger charge is 2.19. The Balaban J connectivity index is 2.61. The van der Waals surface area contributed by atoms with Gasteiger partial charge >= 0.3 is 5.97 Å². The van der Waals surface area contributed by atoms with Crippen LogP contribution in [0, 0.1) is 22.7 Å². The van der Waals surface area contributed by atoms with Crippen LogP contribution in [-0.4, -0.2) is 27.1 Å². The zero-order valence-electron chi connectivity index (χ0n) is 11.6. The van der Waals surface area contributed by atoms with Crippen LogP contribution in [0.1, 0.15) is 18.3 Å². The molecule has 1 unspecified atom stereocenters. The lowest BCUT2D eigenvalue weighted by atomic mass is 10.1. The van der Waals surface area contributed by atoms with Crippen LogP contribution < -0.4 is 5.32 Å². The van der Waals surface area contributed by atoms with Crippen molar-refractivity contribution in [2.24, 2.45) is 0 Å². The molecule has 1 heterocycles. The zero-order chi connectivity index (χ0) is 16.1. The lowest BCUT2D eigenvalue weighted by Gasteiger charge is -2.14. The highest BCUT2D eigenvalue weighted by molar-refractivity contribution is 5.80. The Bertz CT molecular complexity index is 790. The van der Waals surface area contributed by atoms with Gasteiger partial charge < -0.3 is 10.4 Å². The Hall–Kier alpha value is -3.45. The molecule has 0 aliphatic rings. The van der Waals surface area contributed by atoms with Gasteiger partial charge in [0.25, 0.3) is 0 Å². The van der Waals surface area contributed by atoms with Crippen molar-refractivity contribution < 1.29 is 9.90 Å². The number of carboxylic acid groups (broad SMARTS) is 1. The highest BCUT2D eigenvalue weighted by Crippen LogP contribution is 2.26. The summed E-state index contributed by atoms with van der Waals surface area (Å²) in [4.78, 5) is 19.2. The van der Waals surface area contributed by atoms with E-state index < -0.39 is 12.0 Å². The predicted octanol–water partition coefficient (Wildman–Crippen LogP) is 1.77. The van der Waals surface area contributed by atoms with Gasteiger partial charge in [0, 0.05) is 5.56 Å². The summed E-state index contributed by atoms with van der Waals surface area (Å²) >= 11 is 0. The summed E-state index contributed by atoms with van der Waals surface area (Å²) < 4.78 is 0. The minimum atomic E-state index is -1.07. The van der Waals surface area contributed by atoms with Crippen LogP contribution >= 0.6 is 0 Å². The zero-order valence-corrected chi connectivity index (χ0v) is 11.6. The smallest absolute Gasteiger partial charge is 0.325 e. The lowest BCUT2D eigenvalue weighted by molar-refractivity contribution is -0.137. The molecule has 0 aliphatic heterocycles. The molecule has 0 fully saturated rings. The number of nitrogens with one attached hydrogen (secondary N) is 1. The standard InChI is InChI=1S/C15H11N5O2/c1-9(15(21)22)18-14-13(10-5-3-2-4-6-10)19-11(7-16)12(8-17)20-14/h2-6,9H,1H3,(H,18,20)(H,21,22). The summed E-state index contributed by atoms with van der Waals surface area (Å²) in [5, 5.41) is 29.8. The van der Waals surface area contributed by atoms with Gasteiger partial charge in [-0.1, -0.05) is 30.3 Å². The van der Waals surface area contributed by atoms with Crippen LogP contribution in [0.5, 0.6) is 0 Å². The molecule has 2 rings (SSSR count). The predicted molar refractivity (Wildman–Crippen MR) is 77.6 cm³/mol. The third-order valence-corrected chi connectivity index (χ3v) is 2.88. The van der Waals surface area contributed by atoms with Gasteiger partial charge in [0.15, 0.2) is 17.2 Å². The van der Waals surface area contributed by atoms with E-state index in [9.17, 15) is 4.79 Å². The average Bonchev–Trinajstić information content (AvgIpc) is 2.55. The number of benzene rings is 1. The van der Waals surface area contributed by atoms with Crippen molar-refractivity contribution in [3.05, 3.63) is 41.7 Å². The monoisotopic (exact) mass is 293 g/mol. The summed E-state index contributed by atoms with van der Waals surface area (Å²) in [5.41, 5.74) is 0.734. The summed E-state index contributed by atoms with van der Waals surface area (Å²) in [6.45, 7) is 1.45. The average molecular weight is 293 g/mol. The molecule has 1 aromatic heterocycles. The van der Waals surface area contributed by atoms with Gasteiger partial charge in [0.1, 0.15) is 23.9 Å². The van der Waals surface area contributed by atoms with E-state index in [0.29, 0.717) is 11.3 Å². The van der Waals surface area contributed by atoms with Crippen LogP contribution in [0.2, 0.25) is 0 Å². The van der Waals surface area contributed by atoms with Gasteiger partial charge in [0.2, 0.25) is 0 Å². The third kappa shape index (κ3) is 3.00. The van der Waals surface area contributed by atoms with E-state index in [0.717, 1.165) is 0 Å². The summed E-state index contributed by atoms with van der Waals surface area (Å²) in [6, 6.07) is 11.6. The topological polar surface area (TPSA) is 123 Å². The van der Waals surface area contributed by atoms with Gasteiger partial charge in [-0.05, 0) is 6.92 Å². The first-order valence-electron chi connectivity index (χ1n) is 6.33. The molecule has 1 aromatic carbocycles. The normalized spacial score (nSPS) is 11.0. The first-order chi connectivity index (χ1) is 10.6.